The van der Waals surface area contributed by atoms with Crippen LogP contribution in [0.1, 0.15) is 44.7 Å². The van der Waals surface area contributed by atoms with Crippen molar-refractivity contribution in [2.24, 2.45) is 0 Å². The second kappa shape index (κ2) is 6.24. The zero-order valence-corrected chi connectivity index (χ0v) is 13.3. The number of nitrogens with one attached hydrogen (secondary N) is 2. The highest BCUT2D eigenvalue weighted by Gasteiger charge is 2.22. The second-order valence-corrected chi connectivity index (χ2v) is 7.41. The summed E-state index contributed by atoms with van der Waals surface area (Å²) in [5.41, 5.74) is 1.89. The topological polar surface area (TPSA) is 58.2 Å². The summed E-state index contributed by atoms with van der Waals surface area (Å²) in [6.45, 7) is 6.38. The maximum absolute atomic E-state index is 12.4. The van der Waals surface area contributed by atoms with Gasteiger partial charge in [-0.3, -0.25) is 0 Å². The maximum Gasteiger partial charge on any atom is 0.241 e. The summed E-state index contributed by atoms with van der Waals surface area (Å²) >= 11 is 0. The van der Waals surface area contributed by atoms with E-state index in [0.29, 0.717) is 17.4 Å². The van der Waals surface area contributed by atoms with E-state index in [-0.39, 0.29) is 6.04 Å². The Morgan fingerprint density at radius 1 is 1.30 bits per heavy atom. The van der Waals surface area contributed by atoms with Crippen molar-refractivity contribution in [1.29, 1.82) is 0 Å². The average molecular weight is 296 g/mol. The number of aryl methyl sites for hydroxylation is 1. The lowest BCUT2D eigenvalue weighted by molar-refractivity contribution is 0.568. The van der Waals surface area contributed by atoms with Crippen LogP contribution in [0.3, 0.4) is 0 Å². The first kappa shape index (κ1) is 15.5. The lowest BCUT2D eigenvalue weighted by Gasteiger charge is -2.14. The highest BCUT2D eigenvalue weighted by atomic mass is 32.2. The molecule has 1 fully saturated rings. The van der Waals surface area contributed by atoms with E-state index in [9.17, 15) is 8.42 Å². The lowest BCUT2D eigenvalue weighted by Crippen LogP contribution is -2.31. The molecule has 0 aliphatic heterocycles. The van der Waals surface area contributed by atoms with E-state index >= 15 is 0 Å². The second-order valence-electron chi connectivity index (χ2n) is 5.73. The van der Waals surface area contributed by atoms with Crippen LogP contribution in [0, 0.1) is 0 Å². The van der Waals surface area contributed by atoms with Crippen molar-refractivity contribution in [3.05, 3.63) is 29.3 Å². The molecule has 1 aromatic carbocycles. The summed E-state index contributed by atoms with van der Waals surface area (Å²) in [6, 6.07) is 6.27. The monoisotopic (exact) mass is 296 g/mol. The molecule has 0 unspecified atom stereocenters. The number of rotatable bonds is 7. The zero-order chi connectivity index (χ0) is 14.8. The molecule has 1 aliphatic rings. The largest absolute Gasteiger partial charge is 0.310 e. The van der Waals surface area contributed by atoms with E-state index < -0.39 is 10.0 Å². The molecule has 0 heterocycles. The first-order valence-electron chi connectivity index (χ1n) is 7.30. The molecule has 0 amide bonds. The summed E-state index contributed by atoms with van der Waals surface area (Å²) in [5.74, 6) is 0. The molecule has 0 aromatic heterocycles. The summed E-state index contributed by atoms with van der Waals surface area (Å²) in [5, 5.41) is 3.41. The first-order chi connectivity index (χ1) is 9.42. The Kier molecular flexibility index (Phi) is 4.83. The normalized spacial score (nSPS) is 15.8. The van der Waals surface area contributed by atoms with Crippen LogP contribution in [0.2, 0.25) is 0 Å². The third-order valence-electron chi connectivity index (χ3n) is 3.37. The van der Waals surface area contributed by atoms with Crippen molar-refractivity contribution in [3.8, 4) is 0 Å². The molecular formula is C15H24N2O2S. The molecule has 1 aliphatic carbocycles. The molecule has 0 atom stereocenters. The summed E-state index contributed by atoms with van der Waals surface area (Å²) in [4.78, 5) is 0.420. The van der Waals surface area contributed by atoms with Gasteiger partial charge in [-0.25, -0.2) is 13.1 Å². The van der Waals surface area contributed by atoms with Crippen LogP contribution in [-0.4, -0.2) is 20.5 Å². The lowest BCUT2D eigenvalue weighted by atomic mass is 10.1. The van der Waals surface area contributed by atoms with Crippen LogP contribution in [0.25, 0.3) is 0 Å². The SMILES string of the molecule is CCc1ccc(CNC2CC2)cc1S(=O)(=O)NC(C)C. The Morgan fingerprint density at radius 2 is 2.00 bits per heavy atom. The summed E-state index contributed by atoms with van der Waals surface area (Å²) < 4.78 is 27.5. The van der Waals surface area contributed by atoms with Crippen molar-refractivity contribution in [3.63, 3.8) is 0 Å². The van der Waals surface area contributed by atoms with Crippen LogP contribution in [0.15, 0.2) is 23.1 Å². The van der Waals surface area contributed by atoms with Gasteiger partial charge in [0.1, 0.15) is 0 Å². The number of hydrogen-bond donors (Lipinski definition) is 2. The fraction of sp³-hybridized carbons (Fsp3) is 0.600. The quantitative estimate of drug-likeness (QED) is 0.811. The van der Waals surface area contributed by atoms with Gasteiger partial charge in [0.2, 0.25) is 10.0 Å². The van der Waals surface area contributed by atoms with Gasteiger partial charge >= 0.3 is 0 Å². The predicted octanol–water partition coefficient (Wildman–Crippen LogP) is 2.19. The molecule has 2 rings (SSSR count). The highest BCUT2D eigenvalue weighted by molar-refractivity contribution is 7.89. The van der Waals surface area contributed by atoms with Crippen molar-refractivity contribution in [2.75, 3.05) is 0 Å². The third kappa shape index (κ3) is 4.04. The van der Waals surface area contributed by atoms with E-state index in [4.69, 9.17) is 0 Å². The number of sulfonamides is 1. The molecule has 0 spiro atoms. The number of hydrogen-bond acceptors (Lipinski definition) is 3. The van der Waals surface area contributed by atoms with Crippen LogP contribution >= 0.6 is 0 Å². The molecule has 112 valence electrons. The van der Waals surface area contributed by atoms with E-state index in [1.807, 2.05) is 32.9 Å². The van der Waals surface area contributed by atoms with Gasteiger partial charge in [-0.1, -0.05) is 19.1 Å². The minimum absolute atomic E-state index is 0.0991. The van der Waals surface area contributed by atoms with Gasteiger partial charge < -0.3 is 5.32 Å². The van der Waals surface area contributed by atoms with Gasteiger partial charge in [0.15, 0.2) is 0 Å². The maximum atomic E-state index is 12.4. The van der Waals surface area contributed by atoms with E-state index in [1.165, 1.54) is 12.8 Å². The summed E-state index contributed by atoms with van der Waals surface area (Å²) in [6.07, 6.45) is 3.17. The van der Waals surface area contributed by atoms with Crippen molar-refractivity contribution >= 4 is 10.0 Å². The molecular weight excluding hydrogens is 272 g/mol. The smallest absolute Gasteiger partial charge is 0.241 e. The Balaban J connectivity index is 2.25. The summed E-state index contributed by atoms with van der Waals surface area (Å²) in [7, 11) is -3.43. The minimum atomic E-state index is -3.43. The van der Waals surface area contributed by atoms with E-state index in [2.05, 4.69) is 10.0 Å². The Hall–Kier alpha value is -0.910. The standard InChI is InChI=1S/C15H24N2O2S/c1-4-13-6-5-12(10-16-14-7-8-14)9-15(13)20(18,19)17-11(2)3/h5-6,9,11,14,16-17H,4,7-8,10H2,1-3H3. The van der Waals surface area contributed by atoms with Crippen LogP contribution in [-0.2, 0) is 23.0 Å². The van der Waals surface area contributed by atoms with Crippen molar-refractivity contribution in [1.82, 2.24) is 10.0 Å². The van der Waals surface area contributed by atoms with E-state index in [0.717, 1.165) is 17.7 Å². The van der Waals surface area contributed by atoms with Crippen molar-refractivity contribution in [2.45, 2.75) is 63.6 Å². The molecule has 0 bridgehead atoms. The van der Waals surface area contributed by atoms with Crippen LogP contribution in [0.4, 0.5) is 0 Å². The first-order valence-corrected chi connectivity index (χ1v) is 8.78. The van der Waals surface area contributed by atoms with Gasteiger partial charge in [0.25, 0.3) is 0 Å². The van der Waals surface area contributed by atoms with Gasteiger partial charge in [0, 0.05) is 18.6 Å². The Labute approximate surface area is 122 Å². The van der Waals surface area contributed by atoms with Gasteiger partial charge in [-0.15, -0.1) is 0 Å². The van der Waals surface area contributed by atoms with E-state index in [1.54, 1.807) is 6.07 Å². The molecule has 0 radical (unpaired) electrons. The zero-order valence-electron chi connectivity index (χ0n) is 12.4. The fourth-order valence-electron chi connectivity index (χ4n) is 2.17. The Morgan fingerprint density at radius 3 is 2.55 bits per heavy atom. The molecule has 20 heavy (non-hydrogen) atoms. The molecule has 2 N–H and O–H groups in total. The number of benzene rings is 1. The molecule has 0 saturated heterocycles. The predicted molar refractivity (Wildman–Crippen MR) is 81.1 cm³/mol. The highest BCUT2D eigenvalue weighted by Crippen LogP contribution is 2.22. The molecule has 1 saturated carbocycles. The minimum Gasteiger partial charge on any atom is -0.310 e. The molecule has 5 heteroatoms. The fourth-order valence-corrected chi connectivity index (χ4v) is 3.79. The average Bonchev–Trinajstić information content (AvgIpc) is 3.18. The third-order valence-corrected chi connectivity index (χ3v) is 5.11. The van der Waals surface area contributed by atoms with Crippen LogP contribution in [0.5, 0.6) is 0 Å². The molecule has 4 nitrogen and oxygen atoms in total. The van der Waals surface area contributed by atoms with Crippen molar-refractivity contribution < 1.29 is 8.42 Å². The van der Waals surface area contributed by atoms with Crippen LogP contribution < -0.4 is 10.0 Å². The Bertz CT molecular complexity index is 563. The van der Waals surface area contributed by atoms with Gasteiger partial charge in [0.05, 0.1) is 4.90 Å². The van der Waals surface area contributed by atoms with Gasteiger partial charge in [-0.05, 0) is 50.3 Å². The van der Waals surface area contributed by atoms with Gasteiger partial charge in [-0.2, -0.15) is 0 Å². The molecule has 1 aromatic rings.